The summed E-state index contributed by atoms with van der Waals surface area (Å²) in [5, 5.41) is 4.27. The number of nitrogens with one attached hydrogen (secondary N) is 2. The number of aromatic nitrogens is 2. The molecule has 34 heavy (non-hydrogen) atoms. The minimum absolute atomic E-state index is 0.0107. The topological polar surface area (TPSA) is 61.9 Å². The average molecular weight is 451 g/mol. The normalized spacial score (nSPS) is 12.1. The van der Waals surface area contributed by atoms with Gasteiger partial charge in [0.1, 0.15) is 17.5 Å². The molecule has 5 aromatic rings. The van der Waals surface area contributed by atoms with E-state index >= 15 is 0 Å². The molecule has 170 valence electrons. The van der Waals surface area contributed by atoms with Crippen molar-refractivity contribution < 1.29 is 8.98 Å². The van der Waals surface area contributed by atoms with Crippen LogP contribution in [-0.4, -0.2) is 4.98 Å². The van der Waals surface area contributed by atoms with Crippen LogP contribution in [0.5, 0.6) is 0 Å². The Hall–Kier alpha value is -4.12. The predicted octanol–water partition coefficient (Wildman–Crippen LogP) is 6.07. The van der Waals surface area contributed by atoms with Crippen molar-refractivity contribution in [2.45, 2.75) is 26.8 Å². The average Bonchev–Trinajstić information content (AvgIpc) is 3.28. The Morgan fingerprint density at radius 1 is 1.00 bits per heavy atom. The van der Waals surface area contributed by atoms with Gasteiger partial charge in [0.25, 0.3) is 0 Å². The van der Waals surface area contributed by atoms with Gasteiger partial charge in [-0.15, -0.1) is 0 Å². The first-order chi connectivity index (χ1) is 16.4. The quantitative estimate of drug-likeness (QED) is 0.320. The largest absolute Gasteiger partial charge is 0.455 e. The minimum Gasteiger partial charge on any atom is -0.455 e. The standard InChI is InChI=1S/C29H27N3O2/c1-18-14-23(20(3)31-25-13-9-8-12-22(25)26-16-32(4)17-30-26)29-24(15-18)27(33)19(2)28(34-29)21-10-6-5-7-11-21/h5-17,20,31H,1-4H3/p+1. The number of aryl methyl sites for hydroxylation is 2. The van der Waals surface area contributed by atoms with Gasteiger partial charge < -0.3 is 9.73 Å². The van der Waals surface area contributed by atoms with E-state index in [9.17, 15) is 4.79 Å². The molecule has 5 heteroatoms. The number of H-pyrrole nitrogens is 1. The molecule has 0 aliphatic carbocycles. The van der Waals surface area contributed by atoms with Gasteiger partial charge in [-0.05, 0) is 44.5 Å². The van der Waals surface area contributed by atoms with Gasteiger partial charge in [0.05, 0.1) is 18.5 Å². The van der Waals surface area contributed by atoms with Crippen molar-refractivity contribution in [2.75, 3.05) is 5.32 Å². The van der Waals surface area contributed by atoms with Gasteiger partial charge in [-0.1, -0.05) is 48.5 Å². The van der Waals surface area contributed by atoms with E-state index < -0.39 is 0 Å². The molecule has 0 radical (unpaired) electrons. The zero-order chi connectivity index (χ0) is 23.8. The Morgan fingerprint density at radius 2 is 1.74 bits per heavy atom. The SMILES string of the molecule is Cc1cc(C(C)Nc2ccccc2-c2c[n+](C)c[nH]2)c2oc(-c3ccccc3)c(C)c(=O)c2c1. The van der Waals surface area contributed by atoms with E-state index in [0.717, 1.165) is 33.6 Å². The van der Waals surface area contributed by atoms with Crippen molar-refractivity contribution in [1.29, 1.82) is 0 Å². The monoisotopic (exact) mass is 450 g/mol. The third-order valence-electron chi connectivity index (χ3n) is 6.24. The van der Waals surface area contributed by atoms with Gasteiger partial charge in [0.2, 0.25) is 6.33 Å². The van der Waals surface area contributed by atoms with Crippen molar-refractivity contribution in [3.05, 3.63) is 106 Å². The molecule has 5 nitrogen and oxygen atoms in total. The van der Waals surface area contributed by atoms with E-state index in [0.29, 0.717) is 22.3 Å². The lowest BCUT2D eigenvalue weighted by molar-refractivity contribution is -0.669. The number of anilines is 1. The van der Waals surface area contributed by atoms with Gasteiger partial charge in [-0.2, -0.15) is 0 Å². The molecule has 0 bridgehead atoms. The first-order valence-electron chi connectivity index (χ1n) is 11.5. The molecule has 1 unspecified atom stereocenters. The number of hydrogen-bond donors (Lipinski definition) is 2. The van der Waals surface area contributed by atoms with Crippen LogP contribution in [0.2, 0.25) is 0 Å². The van der Waals surface area contributed by atoms with E-state index in [1.807, 2.05) is 80.3 Å². The third-order valence-corrected chi connectivity index (χ3v) is 6.24. The highest BCUT2D eigenvalue weighted by molar-refractivity contribution is 5.85. The highest BCUT2D eigenvalue weighted by atomic mass is 16.3. The summed E-state index contributed by atoms with van der Waals surface area (Å²) < 4.78 is 8.46. The van der Waals surface area contributed by atoms with Gasteiger partial charge in [-0.25, -0.2) is 9.55 Å². The number of nitrogens with zero attached hydrogens (tertiary/aromatic N) is 1. The molecule has 0 amide bonds. The summed E-state index contributed by atoms with van der Waals surface area (Å²) in [5.41, 5.74) is 7.26. The molecule has 0 saturated carbocycles. The summed E-state index contributed by atoms with van der Waals surface area (Å²) in [7, 11) is 1.99. The summed E-state index contributed by atoms with van der Waals surface area (Å²) in [6.07, 6.45) is 3.98. The van der Waals surface area contributed by atoms with E-state index in [1.54, 1.807) is 0 Å². The van der Waals surface area contributed by atoms with Crippen molar-refractivity contribution in [1.82, 2.24) is 4.98 Å². The number of hydrogen-bond acceptors (Lipinski definition) is 3. The molecule has 0 aliphatic heterocycles. The molecular formula is C29H28N3O2+. The number of fused-ring (bicyclic) bond motifs is 1. The van der Waals surface area contributed by atoms with E-state index in [4.69, 9.17) is 4.42 Å². The number of imidazole rings is 1. The maximum absolute atomic E-state index is 13.4. The minimum atomic E-state index is -0.0956. The van der Waals surface area contributed by atoms with Gasteiger partial charge >= 0.3 is 0 Å². The molecule has 0 fully saturated rings. The lowest BCUT2D eigenvalue weighted by Gasteiger charge is -2.20. The Kier molecular flexibility index (Phi) is 5.54. The zero-order valence-corrected chi connectivity index (χ0v) is 19.8. The van der Waals surface area contributed by atoms with Crippen LogP contribution in [0, 0.1) is 13.8 Å². The number of rotatable bonds is 5. The lowest BCUT2D eigenvalue weighted by Crippen LogP contribution is -2.22. The highest BCUT2D eigenvalue weighted by Crippen LogP contribution is 2.34. The summed E-state index contributed by atoms with van der Waals surface area (Å²) in [6, 6.07) is 22.0. The van der Waals surface area contributed by atoms with Gasteiger partial charge in [0.15, 0.2) is 11.1 Å². The van der Waals surface area contributed by atoms with Crippen LogP contribution in [0.15, 0.2) is 88.5 Å². The van der Waals surface area contributed by atoms with Crippen LogP contribution >= 0.6 is 0 Å². The van der Waals surface area contributed by atoms with Crippen LogP contribution in [-0.2, 0) is 7.05 Å². The molecule has 0 aliphatic rings. The predicted molar refractivity (Wildman–Crippen MR) is 137 cm³/mol. The molecule has 0 spiro atoms. The van der Waals surface area contributed by atoms with Crippen LogP contribution in [0.1, 0.15) is 29.7 Å². The van der Waals surface area contributed by atoms with Crippen molar-refractivity contribution >= 4 is 16.7 Å². The second-order valence-corrected chi connectivity index (χ2v) is 8.88. The van der Waals surface area contributed by atoms with Crippen LogP contribution < -0.4 is 15.3 Å². The molecule has 2 heterocycles. The molecule has 2 N–H and O–H groups in total. The Bertz CT molecular complexity index is 1550. The molecule has 5 rings (SSSR count). The van der Waals surface area contributed by atoms with Gasteiger partial charge in [-0.3, -0.25) is 4.79 Å². The lowest BCUT2D eigenvalue weighted by atomic mass is 9.98. The van der Waals surface area contributed by atoms with Crippen molar-refractivity contribution in [2.24, 2.45) is 7.05 Å². The zero-order valence-electron chi connectivity index (χ0n) is 19.8. The summed E-state index contributed by atoms with van der Waals surface area (Å²) in [5.74, 6) is 0.620. The number of benzene rings is 3. The molecule has 3 aromatic carbocycles. The maximum atomic E-state index is 13.4. The first kappa shape index (κ1) is 21.7. The Balaban J connectivity index is 1.63. The van der Waals surface area contributed by atoms with Gasteiger partial charge in [0, 0.05) is 27.9 Å². The second kappa shape index (κ2) is 8.67. The molecule has 2 aromatic heterocycles. The molecule has 1 atom stereocenters. The molecule has 0 saturated heterocycles. The smallest absolute Gasteiger partial charge is 0.241 e. The number of aromatic amines is 1. The van der Waals surface area contributed by atoms with Crippen molar-refractivity contribution in [3.63, 3.8) is 0 Å². The summed E-state index contributed by atoms with van der Waals surface area (Å²) in [6.45, 7) is 5.95. The maximum Gasteiger partial charge on any atom is 0.241 e. The van der Waals surface area contributed by atoms with E-state index in [2.05, 4.69) is 41.6 Å². The first-order valence-corrected chi connectivity index (χ1v) is 11.5. The van der Waals surface area contributed by atoms with Crippen LogP contribution in [0.4, 0.5) is 5.69 Å². The summed E-state index contributed by atoms with van der Waals surface area (Å²) >= 11 is 0. The Labute approximate surface area is 198 Å². The fourth-order valence-corrected chi connectivity index (χ4v) is 4.51. The fraction of sp³-hybridized carbons (Fsp3) is 0.172. The number of para-hydroxylation sites is 1. The van der Waals surface area contributed by atoms with E-state index in [1.165, 1.54) is 0 Å². The van der Waals surface area contributed by atoms with Crippen LogP contribution in [0.3, 0.4) is 0 Å². The molecular weight excluding hydrogens is 422 g/mol. The second-order valence-electron chi connectivity index (χ2n) is 8.88. The van der Waals surface area contributed by atoms with Crippen LogP contribution in [0.25, 0.3) is 33.6 Å². The third kappa shape index (κ3) is 3.90. The van der Waals surface area contributed by atoms with Crippen molar-refractivity contribution in [3.8, 4) is 22.6 Å². The summed E-state index contributed by atoms with van der Waals surface area (Å²) in [4.78, 5) is 16.7. The Morgan fingerprint density at radius 3 is 2.47 bits per heavy atom. The van der Waals surface area contributed by atoms with E-state index in [-0.39, 0.29) is 11.5 Å². The fourth-order valence-electron chi connectivity index (χ4n) is 4.51. The highest BCUT2D eigenvalue weighted by Gasteiger charge is 2.20.